The lowest BCUT2D eigenvalue weighted by Gasteiger charge is -2.07. The lowest BCUT2D eigenvalue weighted by molar-refractivity contribution is 0.0950. The molecule has 0 bridgehead atoms. The first-order valence-corrected chi connectivity index (χ1v) is 10.5. The average Bonchev–Trinajstić information content (AvgIpc) is 3.18. The number of nitrogens with zero attached hydrogens (tertiary/aromatic N) is 3. The Labute approximate surface area is 189 Å². The van der Waals surface area contributed by atoms with E-state index in [4.69, 9.17) is 10.7 Å². The van der Waals surface area contributed by atoms with Crippen LogP contribution in [0.2, 0.25) is 0 Å². The third-order valence-corrected chi connectivity index (χ3v) is 5.71. The van der Waals surface area contributed by atoms with Gasteiger partial charge in [-0.2, -0.15) is 0 Å². The molecule has 2 aromatic heterocycles. The van der Waals surface area contributed by atoms with Gasteiger partial charge in [-0.25, -0.2) is 4.98 Å². The van der Waals surface area contributed by atoms with Gasteiger partial charge in [-0.05, 0) is 53.4 Å². The van der Waals surface area contributed by atoms with Gasteiger partial charge in [-0.3, -0.25) is 14.6 Å². The molecule has 0 unspecified atom stereocenters. The summed E-state index contributed by atoms with van der Waals surface area (Å²) in [6, 6.07) is 20.5. The van der Waals surface area contributed by atoms with Crippen molar-refractivity contribution in [3.63, 3.8) is 0 Å². The van der Waals surface area contributed by atoms with Crippen LogP contribution in [0.25, 0.3) is 33.2 Å². The smallest absolute Gasteiger partial charge is 0.251 e. The van der Waals surface area contributed by atoms with Gasteiger partial charge in [0.05, 0.1) is 11.0 Å². The maximum absolute atomic E-state index is 12.8. The van der Waals surface area contributed by atoms with Crippen LogP contribution < -0.4 is 11.1 Å². The fraction of sp³-hybridized carbons (Fsp3) is 0.0769. The number of nitrogens with one attached hydrogen (secondary N) is 1. The number of pyridine rings is 1. The second kappa shape index (κ2) is 8.20. The molecule has 0 saturated heterocycles. The van der Waals surface area contributed by atoms with E-state index in [1.807, 2.05) is 54.2 Å². The number of benzene rings is 3. The van der Waals surface area contributed by atoms with Crippen LogP contribution in [0.3, 0.4) is 0 Å². The number of hydrogen-bond acceptors (Lipinski definition) is 4. The molecule has 3 aromatic carbocycles. The molecule has 0 fully saturated rings. The van der Waals surface area contributed by atoms with E-state index in [1.165, 1.54) is 0 Å². The number of carbonyl (C=O) groups is 2. The highest BCUT2D eigenvalue weighted by molar-refractivity contribution is 5.98. The third kappa shape index (κ3) is 3.92. The fourth-order valence-electron chi connectivity index (χ4n) is 3.93. The summed E-state index contributed by atoms with van der Waals surface area (Å²) in [6.07, 6.45) is 3.61. The molecule has 0 aliphatic carbocycles. The van der Waals surface area contributed by atoms with E-state index in [-0.39, 0.29) is 5.91 Å². The van der Waals surface area contributed by atoms with Gasteiger partial charge in [-0.1, -0.05) is 24.3 Å². The largest absolute Gasteiger partial charge is 0.366 e. The summed E-state index contributed by atoms with van der Waals surface area (Å²) >= 11 is 0. The molecule has 33 heavy (non-hydrogen) atoms. The van der Waals surface area contributed by atoms with Gasteiger partial charge in [0.1, 0.15) is 5.82 Å². The molecule has 5 rings (SSSR count). The quantitative estimate of drug-likeness (QED) is 0.438. The van der Waals surface area contributed by atoms with Crippen molar-refractivity contribution in [2.75, 3.05) is 0 Å². The SMILES string of the molecule is Cn1c(-c2ccc3cnccc3c2)nc2ccc(C(=O)NCc3cccc(C(N)=O)c3)cc21. The van der Waals surface area contributed by atoms with Gasteiger partial charge in [0.2, 0.25) is 5.91 Å². The molecule has 5 aromatic rings. The third-order valence-electron chi connectivity index (χ3n) is 5.71. The van der Waals surface area contributed by atoms with Crippen LogP contribution in [-0.2, 0) is 13.6 Å². The van der Waals surface area contributed by atoms with Gasteiger partial charge in [0.15, 0.2) is 0 Å². The molecule has 0 spiro atoms. The molecule has 0 atom stereocenters. The minimum absolute atomic E-state index is 0.206. The van der Waals surface area contributed by atoms with E-state index in [0.717, 1.165) is 38.8 Å². The first-order valence-electron chi connectivity index (χ1n) is 10.5. The number of hydrogen-bond donors (Lipinski definition) is 2. The Balaban J connectivity index is 1.41. The van der Waals surface area contributed by atoms with Crippen LogP contribution in [0, 0.1) is 0 Å². The zero-order valence-electron chi connectivity index (χ0n) is 17.9. The van der Waals surface area contributed by atoms with Gasteiger partial charge < -0.3 is 15.6 Å². The Hall–Kier alpha value is -4.52. The predicted octanol–water partition coefficient (Wildman–Crippen LogP) is 3.82. The Morgan fingerprint density at radius 2 is 1.85 bits per heavy atom. The second-order valence-electron chi connectivity index (χ2n) is 7.88. The van der Waals surface area contributed by atoms with Crippen molar-refractivity contribution in [1.29, 1.82) is 0 Å². The van der Waals surface area contributed by atoms with Crippen molar-refractivity contribution in [3.8, 4) is 11.4 Å². The molecular weight excluding hydrogens is 414 g/mol. The second-order valence-corrected chi connectivity index (χ2v) is 7.88. The number of primary amides is 1. The summed E-state index contributed by atoms with van der Waals surface area (Å²) in [4.78, 5) is 33.1. The molecule has 7 nitrogen and oxygen atoms in total. The first kappa shape index (κ1) is 20.4. The number of imidazole rings is 1. The number of aryl methyl sites for hydroxylation is 1. The summed E-state index contributed by atoms with van der Waals surface area (Å²) in [6.45, 7) is 0.292. The average molecular weight is 435 g/mol. The molecular formula is C26H21N5O2. The summed E-state index contributed by atoms with van der Waals surface area (Å²) in [5.74, 6) is 0.121. The monoisotopic (exact) mass is 435 g/mol. The first-order chi connectivity index (χ1) is 16.0. The minimum atomic E-state index is -0.497. The van der Waals surface area contributed by atoms with Gasteiger partial charge >= 0.3 is 0 Å². The van der Waals surface area contributed by atoms with E-state index >= 15 is 0 Å². The Morgan fingerprint density at radius 3 is 2.70 bits per heavy atom. The van der Waals surface area contributed by atoms with Crippen molar-refractivity contribution >= 4 is 33.6 Å². The van der Waals surface area contributed by atoms with Crippen LogP contribution >= 0.6 is 0 Å². The lowest BCUT2D eigenvalue weighted by atomic mass is 10.1. The summed E-state index contributed by atoms with van der Waals surface area (Å²) in [5.41, 5.74) is 9.75. The number of fused-ring (bicyclic) bond motifs is 2. The normalized spacial score (nSPS) is 11.1. The molecule has 3 N–H and O–H groups in total. The van der Waals surface area contributed by atoms with E-state index in [1.54, 1.807) is 30.5 Å². The zero-order valence-corrected chi connectivity index (χ0v) is 17.9. The molecule has 7 heteroatoms. The van der Waals surface area contributed by atoms with Crippen molar-refractivity contribution in [2.45, 2.75) is 6.54 Å². The van der Waals surface area contributed by atoms with Gasteiger partial charge in [0.25, 0.3) is 5.91 Å². The van der Waals surface area contributed by atoms with E-state index in [2.05, 4.69) is 16.4 Å². The number of aromatic nitrogens is 3. The zero-order chi connectivity index (χ0) is 22.9. The highest BCUT2D eigenvalue weighted by Crippen LogP contribution is 2.27. The lowest BCUT2D eigenvalue weighted by Crippen LogP contribution is -2.23. The molecule has 0 radical (unpaired) electrons. The number of rotatable bonds is 5. The highest BCUT2D eigenvalue weighted by atomic mass is 16.2. The van der Waals surface area contributed by atoms with Crippen molar-refractivity contribution < 1.29 is 9.59 Å². The predicted molar refractivity (Wildman–Crippen MR) is 128 cm³/mol. The van der Waals surface area contributed by atoms with Crippen molar-refractivity contribution in [1.82, 2.24) is 19.9 Å². The standard InChI is InChI=1S/C26H21N5O2/c1-31-23-13-20(26(33)29-14-16-3-2-4-18(11-16)24(27)32)7-8-22(23)30-25(31)19-5-6-21-15-28-10-9-17(21)12-19/h2-13,15H,14H2,1H3,(H2,27,32)(H,29,33). The highest BCUT2D eigenvalue weighted by Gasteiger charge is 2.14. The fourth-order valence-corrected chi connectivity index (χ4v) is 3.93. The van der Waals surface area contributed by atoms with Gasteiger partial charge in [0, 0.05) is 48.1 Å². The van der Waals surface area contributed by atoms with Crippen LogP contribution in [0.4, 0.5) is 0 Å². The molecule has 2 heterocycles. The van der Waals surface area contributed by atoms with E-state index in [9.17, 15) is 9.59 Å². The molecule has 162 valence electrons. The summed E-state index contributed by atoms with van der Waals surface area (Å²) in [5, 5.41) is 5.06. The minimum Gasteiger partial charge on any atom is -0.366 e. The van der Waals surface area contributed by atoms with Crippen LogP contribution in [-0.4, -0.2) is 26.3 Å². The Bertz CT molecular complexity index is 1540. The topological polar surface area (TPSA) is 103 Å². The number of carbonyl (C=O) groups excluding carboxylic acids is 2. The summed E-state index contributed by atoms with van der Waals surface area (Å²) < 4.78 is 1.99. The van der Waals surface area contributed by atoms with Gasteiger partial charge in [-0.15, -0.1) is 0 Å². The maximum Gasteiger partial charge on any atom is 0.251 e. The van der Waals surface area contributed by atoms with E-state index < -0.39 is 5.91 Å². The molecule has 0 aliphatic rings. The number of amides is 2. The van der Waals surface area contributed by atoms with Crippen molar-refractivity contribution in [2.24, 2.45) is 12.8 Å². The van der Waals surface area contributed by atoms with Crippen LogP contribution in [0.5, 0.6) is 0 Å². The Kier molecular flexibility index (Phi) is 5.06. The van der Waals surface area contributed by atoms with Crippen LogP contribution in [0.15, 0.2) is 79.1 Å². The molecule has 2 amide bonds. The molecule has 0 aliphatic heterocycles. The van der Waals surface area contributed by atoms with Crippen LogP contribution in [0.1, 0.15) is 26.3 Å². The number of nitrogens with two attached hydrogens (primary N) is 1. The maximum atomic E-state index is 12.8. The molecule has 0 saturated carbocycles. The summed E-state index contributed by atoms with van der Waals surface area (Å²) in [7, 11) is 1.94. The van der Waals surface area contributed by atoms with E-state index in [0.29, 0.717) is 17.7 Å². The Morgan fingerprint density at radius 1 is 0.970 bits per heavy atom. The van der Waals surface area contributed by atoms with Crippen molar-refractivity contribution in [3.05, 3.63) is 95.8 Å².